The molecule has 2 aromatic rings. The number of nitrogens with zero attached hydrogens (tertiary/aromatic N) is 2. The van der Waals surface area contributed by atoms with Gasteiger partial charge in [0.05, 0.1) is 5.92 Å². The maximum Gasteiger partial charge on any atom is 0.311 e. The number of nitrogens with one attached hydrogen (secondary N) is 2. The maximum atomic E-state index is 12.8. The lowest BCUT2D eigenvalue weighted by Crippen LogP contribution is -2.44. The number of hydrogen-bond donors (Lipinski definition) is 2. The highest BCUT2D eigenvalue weighted by atomic mass is 32.2. The van der Waals surface area contributed by atoms with Gasteiger partial charge in [0.1, 0.15) is 4.90 Å². The molecule has 2 atom stereocenters. The van der Waals surface area contributed by atoms with E-state index in [1.165, 1.54) is 19.9 Å². The molecule has 10 nitrogen and oxygen atoms in total. The smallest absolute Gasteiger partial charge is 0.311 e. The molecular weight excluding hydrogens is 472 g/mol. The Balaban J connectivity index is 1.36. The maximum absolute atomic E-state index is 12.8. The zero-order valence-electron chi connectivity index (χ0n) is 19.4. The Morgan fingerprint density at radius 1 is 1.06 bits per heavy atom. The molecule has 11 heteroatoms. The highest BCUT2D eigenvalue weighted by Crippen LogP contribution is 2.30. The van der Waals surface area contributed by atoms with E-state index in [2.05, 4.69) is 15.0 Å². The Kier molecular flexibility index (Phi) is 6.88. The fraction of sp³-hybridized carbons (Fsp3) is 0.333. The van der Waals surface area contributed by atoms with Crippen molar-refractivity contribution in [3.8, 4) is 0 Å². The van der Waals surface area contributed by atoms with Gasteiger partial charge in [0.15, 0.2) is 11.9 Å². The molecule has 4 rings (SSSR count). The van der Waals surface area contributed by atoms with E-state index in [-0.39, 0.29) is 17.3 Å². The fourth-order valence-corrected chi connectivity index (χ4v) is 5.31. The lowest BCUT2D eigenvalue weighted by atomic mass is 9.97. The van der Waals surface area contributed by atoms with Crippen molar-refractivity contribution in [2.75, 3.05) is 23.7 Å². The summed E-state index contributed by atoms with van der Waals surface area (Å²) in [6, 6.07) is 13.2. The molecule has 2 aliphatic rings. The molecule has 35 heavy (non-hydrogen) atoms. The Bertz CT molecular complexity index is 1290. The molecule has 2 aliphatic heterocycles. The lowest BCUT2D eigenvalue weighted by Gasteiger charge is -2.33. The van der Waals surface area contributed by atoms with Crippen molar-refractivity contribution in [1.82, 2.24) is 4.90 Å². The number of likely N-dealkylation sites (tertiary alicyclic amines) is 1. The number of esters is 1. The van der Waals surface area contributed by atoms with Gasteiger partial charge in [-0.1, -0.05) is 12.1 Å². The number of amides is 2. The average Bonchev–Trinajstić information content (AvgIpc) is 3.11. The highest BCUT2D eigenvalue weighted by molar-refractivity contribution is 7.90. The minimum Gasteiger partial charge on any atom is -0.452 e. The number of anilines is 2. The zero-order chi connectivity index (χ0) is 25.2. The van der Waals surface area contributed by atoms with E-state index < -0.39 is 33.9 Å². The van der Waals surface area contributed by atoms with E-state index in [0.29, 0.717) is 42.2 Å². The third-order valence-electron chi connectivity index (χ3n) is 5.80. The number of fused-ring (bicyclic) bond motifs is 1. The molecular formula is C24H26N4O6S. The molecule has 0 bridgehead atoms. The van der Waals surface area contributed by atoms with Crippen molar-refractivity contribution >= 4 is 45.0 Å². The SMILES string of the molecule is CC(=O)Nc1ccc(NC(=O)[C@H](C)OC(=O)[C@@H]2CCCN(C3=NS(=O)(=O)c4ccccc43)C2)cc1. The van der Waals surface area contributed by atoms with E-state index >= 15 is 0 Å². The van der Waals surface area contributed by atoms with Crippen molar-refractivity contribution in [2.45, 2.75) is 37.7 Å². The van der Waals surface area contributed by atoms with E-state index in [1.807, 2.05) is 0 Å². The monoisotopic (exact) mass is 498 g/mol. The topological polar surface area (TPSA) is 134 Å². The van der Waals surface area contributed by atoms with Gasteiger partial charge in [0.2, 0.25) is 5.91 Å². The summed E-state index contributed by atoms with van der Waals surface area (Å²) in [6.45, 7) is 3.71. The predicted octanol–water partition coefficient (Wildman–Crippen LogP) is 2.38. The summed E-state index contributed by atoms with van der Waals surface area (Å²) in [4.78, 5) is 38.4. The largest absolute Gasteiger partial charge is 0.452 e. The quantitative estimate of drug-likeness (QED) is 0.605. The number of sulfonamides is 1. The Labute approximate surface area is 203 Å². The second-order valence-corrected chi connectivity index (χ2v) is 10.1. The van der Waals surface area contributed by atoms with Crippen molar-refractivity contribution < 1.29 is 27.5 Å². The van der Waals surface area contributed by atoms with Gasteiger partial charge in [-0.05, 0) is 56.2 Å². The first-order chi connectivity index (χ1) is 16.6. The second-order valence-electron chi connectivity index (χ2n) is 8.50. The zero-order valence-corrected chi connectivity index (χ0v) is 20.2. The van der Waals surface area contributed by atoms with Crippen molar-refractivity contribution in [1.29, 1.82) is 0 Å². The van der Waals surface area contributed by atoms with Crippen LogP contribution >= 0.6 is 0 Å². The van der Waals surface area contributed by atoms with Crippen molar-refractivity contribution in [3.05, 3.63) is 54.1 Å². The number of rotatable bonds is 5. The number of piperidine rings is 1. The molecule has 0 aromatic heterocycles. The summed E-state index contributed by atoms with van der Waals surface area (Å²) in [7, 11) is -3.75. The molecule has 2 N–H and O–H groups in total. The van der Waals surface area contributed by atoms with E-state index in [1.54, 1.807) is 47.4 Å². The van der Waals surface area contributed by atoms with Gasteiger partial charge in [-0.2, -0.15) is 8.42 Å². The first-order valence-electron chi connectivity index (χ1n) is 11.2. The second kappa shape index (κ2) is 9.87. The minimum atomic E-state index is -3.75. The Hall–Kier alpha value is -3.73. The van der Waals surface area contributed by atoms with Gasteiger partial charge in [0.25, 0.3) is 15.9 Å². The van der Waals surface area contributed by atoms with Crippen LogP contribution in [0.5, 0.6) is 0 Å². The third-order valence-corrected chi connectivity index (χ3v) is 7.13. The van der Waals surface area contributed by atoms with Crippen molar-refractivity contribution in [3.63, 3.8) is 0 Å². The van der Waals surface area contributed by atoms with Crippen LogP contribution in [0.15, 0.2) is 57.8 Å². The molecule has 1 saturated heterocycles. The summed E-state index contributed by atoms with van der Waals surface area (Å²) < 4.78 is 34.1. The van der Waals surface area contributed by atoms with Crippen LogP contribution in [0.4, 0.5) is 11.4 Å². The fourth-order valence-electron chi connectivity index (χ4n) is 4.09. The number of benzene rings is 2. The van der Waals surface area contributed by atoms with Crippen LogP contribution in [0.1, 0.15) is 32.3 Å². The normalized spacial score (nSPS) is 19.2. The van der Waals surface area contributed by atoms with Crippen LogP contribution in [0.2, 0.25) is 0 Å². The number of ether oxygens (including phenoxy) is 1. The highest BCUT2D eigenvalue weighted by Gasteiger charge is 2.36. The number of carbonyl (C=O) groups excluding carboxylic acids is 3. The molecule has 2 amide bonds. The lowest BCUT2D eigenvalue weighted by molar-refractivity contribution is -0.158. The molecule has 0 radical (unpaired) electrons. The van der Waals surface area contributed by atoms with Gasteiger partial charge < -0.3 is 20.3 Å². The Morgan fingerprint density at radius 3 is 2.40 bits per heavy atom. The molecule has 2 aromatic carbocycles. The molecule has 2 heterocycles. The van der Waals surface area contributed by atoms with Gasteiger partial charge >= 0.3 is 5.97 Å². The standard InChI is InChI=1S/C24H26N4O6S/c1-15(23(30)26-19-11-9-18(10-12-19)25-16(2)29)34-24(31)17-6-5-13-28(14-17)22-20-7-3-4-8-21(20)35(32,33)27-22/h3-4,7-12,15,17H,5-6,13-14H2,1-2H3,(H,25,29)(H,26,30)/t15-,17+/m0/s1. The number of amidine groups is 1. The summed E-state index contributed by atoms with van der Waals surface area (Å²) in [5.74, 6) is -1.39. The molecule has 0 unspecified atom stereocenters. The predicted molar refractivity (Wildman–Crippen MR) is 129 cm³/mol. The number of hydrogen-bond acceptors (Lipinski definition) is 7. The molecule has 184 valence electrons. The first-order valence-corrected chi connectivity index (χ1v) is 12.7. The number of carbonyl (C=O) groups is 3. The van der Waals surface area contributed by atoms with Gasteiger partial charge in [0, 0.05) is 37.0 Å². The van der Waals surface area contributed by atoms with Gasteiger partial charge in [-0.3, -0.25) is 14.4 Å². The average molecular weight is 499 g/mol. The third kappa shape index (κ3) is 5.51. The van der Waals surface area contributed by atoms with E-state index in [0.717, 1.165) is 0 Å². The van der Waals surface area contributed by atoms with Crippen LogP contribution in [0.25, 0.3) is 0 Å². The summed E-state index contributed by atoms with van der Waals surface area (Å²) in [5, 5.41) is 5.32. The molecule has 0 saturated carbocycles. The summed E-state index contributed by atoms with van der Waals surface area (Å²) >= 11 is 0. The molecule has 1 fully saturated rings. The molecule has 0 aliphatic carbocycles. The van der Waals surface area contributed by atoms with Crippen LogP contribution < -0.4 is 10.6 Å². The van der Waals surface area contributed by atoms with Crippen LogP contribution in [-0.4, -0.2) is 56.1 Å². The van der Waals surface area contributed by atoms with Gasteiger partial charge in [-0.15, -0.1) is 4.40 Å². The molecule has 0 spiro atoms. The van der Waals surface area contributed by atoms with Crippen molar-refractivity contribution in [2.24, 2.45) is 10.3 Å². The van der Waals surface area contributed by atoms with Crippen LogP contribution in [0, 0.1) is 5.92 Å². The Morgan fingerprint density at radius 2 is 1.71 bits per heavy atom. The first kappa shape index (κ1) is 24.4. The van der Waals surface area contributed by atoms with Crippen LogP contribution in [-0.2, 0) is 29.1 Å². The van der Waals surface area contributed by atoms with E-state index in [4.69, 9.17) is 4.74 Å². The minimum absolute atomic E-state index is 0.162. The summed E-state index contributed by atoms with van der Waals surface area (Å²) in [5.41, 5.74) is 1.62. The van der Waals surface area contributed by atoms with Crippen LogP contribution in [0.3, 0.4) is 0 Å². The van der Waals surface area contributed by atoms with E-state index in [9.17, 15) is 22.8 Å². The summed E-state index contributed by atoms with van der Waals surface area (Å²) in [6.07, 6.45) is 0.191. The van der Waals surface area contributed by atoms with Gasteiger partial charge in [-0.25, -0.2) is 0 Å².